The largest absolute Gasteiger partial charge is 0.351 e. The highest BCUT2D eigenvalue weighted by Gasteiger charge is 2.13. The third kappa shape index (κ3) is 6.04. The van der Waals surface area contributed by atoms with E-state index in [1.807, 2.05) is 13.8 Å². The van der Waals surface area contributed by atoms with E-state index >= 15 is 0 Å². The Balaban J connectivity index is 0.00000361. The van der Waals surface area contributed by atoms with Gasteiger partial charge in [0.25, 0.3) is 5.91 Å². The van der Waals surface area contributed by atoms with Gasteiger partial charge in [-0.2, -0.15) is 0 Å². The maximum Gasteiger partial charge on any atom is 0.253 e. The molecule has 20 heavy (non-hydrogen) atoms. The molecule has 6 heteroatoms. The van der Waals surface area contributed by atoms with Crippen LogP contribution < -0.4 is 16.4 Å². The fraction of sp³-hybridized carbons (Fsp3) is 0.429. The van der Waals surface area contributed by atoms with Crippen LogP contribution in [0.3, 0.4) is 0 Å². The average molecular weight is 300 g/mol. The molecule has 0 bridgehead atoms. The third-order valence-corrected chi connectivity index (χ3v) is 2.47. The number of amides is 2. The van der Waals surface area contributed by atoms with Crippen molar-refractivity contribution in [3.05, 3.63) is 29.8 Å². The molecule has 1 rings (SSSR count). The van der Waals surface area contributed by atoms with E-state index in [0.29, 0.717) is 30.8 Å². The first-order valence-corrected chi connectivity index (χ1v) is 6.41. The monoisotopic (exact) mass is 299 g/mol. The molecule has 2 amide bonds. The first kappa shape index (κ1) is 18.4. The van der Waals surface area contributed by atoms with Crippen LogP contribution in [0.25, 0.3) is 0 Å². The Bertz CT molecular complexity index is 450. The Morgan fingerprint density at radius 1 is 1.25 bits per heavy atom. The van der Waals surface area contributed by atoms with Gasteiger partial charge in [-0.15, -0.1) is 12.4 Å². The molecule has 0 spiro atoms. The standard InChI is InChI=1S/C14H21N3O2.ClH/c1-10(2)9-13(18)17-12-6-4-3-5-11(12)14(19)16-8-7-15;/h3-6,10H,7-9,15H2,1-2H3,(H,16,19)(H,17,18);1H. The number of benzene rings is 1. The second kappa shape index (κ2) is 9.34. The lowest BCUT2D eigenvalue weighted by Gasteiger charge is -2.12. The molecule has 0 saturated carbocycles. The van der Waals surface area contributed by atoms with Crippen LogP contribution in [-0.4, -0.2) is 24.9 Å². The Labute approximate surface area is 125 Å². The Hall–Kier alpha value is -1.59. The Morgan fingerprint density at radius 3 is 2.50 bits per heavy atom. The summed E-state index contributed by atoms with van der Waals surface area (Å²) < 4.78 is 0. The number of halogens is 1. The first-order chi connectivity index (χ1) is 9.04. The Morgan fingerprint density at radius 2 is 1.90 bits per heavy atom. The molecule has 0 fully saturated rings. The van der Waals surface area contributed by atoms with Crippen molar-refractivity contribution in [2.75, 3.05) is 18.4 Å². The van der Waals surface area contributed by atoms with Gasteiger partial charge >= 0.3 is 0 Å². The molecule has 0 radical (unpaired) electrons. The molecule has 0 atom stereocenters. The molecular formula is C14H22ClN3O2. The molecule has 1 aromatic carbocycles. The topological polar surface area (TPSA) is 84.2 Å². The van der Waals surface area contributed by atoms with Crippen LogP contribution in [0.5, 0.6) is 0 Å². The molecule has 0 aromatic heterocycles. The maximum absolute atomic E-state index is 11.9. The van der Waals surface area contributed by atoms with Gasteiger partial charge < -0.3 is 16.4 Å². The summed E-state index contributed by atoms with van der Waals surface area (Å²) in [6.45, 7) is 4.74. The van der Waals surface area contributed by atoms with Crippen molar-refractivity contribution >= 4 is 29.9 Å². The molecule has 4 N–H and O–H groups in total. The maximum atomic E-state index is 11.9. The summed E-state index contributed by atoms with van der Waals surface area (Å²) in [5, 5.41) is 5.46. The first-order valence-electron chi connectivity index (χ1n) is 6.41. The predicted octanol–water partition coefficient (Wildman–Crippen LogP) is 1.78. The molecule has 0 aliphatic carbocycles. The number of carbonyl (C=O) groups excluding carboxylic acids is 2. The zero-order chi connectivity index (χ0) is 14.3. The van der Waals surface area contributed by atoms with E-state index in [1.165, 1.54) is 0 Å². The van der Waals surface area contributed by atoms with Crippen molar-refractivity contribution < 1.29 is 9.59 Å². The number of anilines is 1. The molecule has 112 valence electrons. The fourth-order valence-corrected chi connectivity index (χ4v) is 1.64. The number of para-hydroxylation sites is 1. The molecule has 5 nitrogen and oxygen atoms in total. The minimum absolute atomic E-state index is 0. The number of rotatable bonds is 6. The number of carbonyl (C=O) groups is 2. The van der Waals surface area contributed by atoms with E-state index in [-0.39, 0.29) is 30.1 Å². The summed E-state index contributed by atoms with van der Waals surface area (Å²) in [7, 11) is 0. The lowest BCUT2D eigenvalue weighted by atomic mass is 10.1. The molecule has 0 heterocycles. The molecule has 0 aliphatic rings. The van der Waals surface area contributed by atoms with Crippen molar-refractivity contribution in [3.8, 4) is 0 Å². The van der Waals surface area contributed by atoms with Crippen molar-refractivity contribution in [2.45, 2.75) is 20.3 Å². The third-order valence-electron chi connectivity index (χ3n) is 2.47. The van der Waals surface area contributed by atoms with E-state index < -0.39 is 0 Å². The number of hydrogen-bond donors (Lipinski definition) is 3. The van der Waals surface area contributed by atoms with E-state index in [4.69, 9.17) is 5.73 Å². The summed E-state index contributed by atoms with van der Waals surface area (Å²) in [6, 6.07) is 6.94. The van der Waals surface area contributed by atoms with E-state index in [0.717, 1.165) is 0 Å². The van der Waals surface area contributed by atoms with Crippen LogP contribution in [0.2, 0.25) is 0 Å². The van der Waals surface area contributed by atoms with Gasteiger partial charge in [0.2, 0.25) is 5.91 Å². The summed E-state index contributed by atoms with van der Waals surface area (Å²) in [6.07, 6.45) is 0.429. The van der Waals surface area contributed by atoms with E-state index in [9.17, 15) is 9.59 Å². The quantitative estimate of drug-likeness (QED) is 0.748. The lowest BCUT2D eigenvalue weighted by Crippen LogP contribution is -2.30. The van der Waals surface area contributed by atoms with E-state index in [2.05, 4.69) is 10.6 Å². The zero-order valence-electron chi connectivity index (χ0n) is 11.8. The molecule has 1 aromatic rings. The van der Waals surface area contributed by atoms with Gasteiger partial charge in [-0.25, -0.2) is 0 Å². The van der Waals surface area contributed by atoms with Gasteiger partial charge in [0, 0.05) is 19.5 Å². The highest BCUT2D eigenvalue weighted by Crippen LogP contribution is 2.15. The van der Waals surface area contributed by atoms with Crippen LogP contribution in [0.15, 0.2) is 24.3 Å². The zero-order valence-corrected chi connectivity index (χ0v) is 12.6. The van der Waals surface area contributed by atoms with E-state index in [1.54, 1.807) is 24.3 Å². The van der Waals surface area contributed by atoms with Gasteiger partial charge in [0.1, 0.15) is 0 Å². The highest BCUT2D eigenvalue weighted by atomic mass is 35.5. The van der Waals surface area contributed by atoms with Crippen LogP contribution >= 0.6 is 12.4 Å². The van der Waals surface area contributed by atoms with Gasteiger partial charge in [-0.3, -0.25) is 9.59 Å². The molecule has 0 saturated heterocycles. The summed E-state index contributed by atoms with van der Waals surface area (Å²) in [5.41, 5.74) is 6.33. The second-order valence-corrected chi connectivity index (χ2v) is 4.74. The average Bonchev–Trinajstić information content (AvgIpc) is 2.35. The van der Waals surface area contributed by atoms with Crippen LogP contribution in [0.4, 0.5) is 5.69 Å². The normalized spacial score (nSPS) is 9.80. The van der Waals surface area contributed by atoms with Crippen LogP contribution in [-0.2, 0) is 4.79 Å². The molecule has 0 aliphatic heterocycles. The fourth-order valence-electron chi connectivity index (χ4n) is 1.64. The van der Waals surface area contributed by atoms with Gasteiger partial charge in [0.15, 0.2) is 0 Å². The van der Waals surface area contributed by atoms with Crippen molar-refractivity contribution in [1.29, 1.82) is 0 Å². The second-order valence-electron chi connectivity index (χ2n) is 4.74. The smallest absolute Gasteiger partial charge is 0.253 e. The summed E-state index contributed by atoms with van der Waals surface area (Å²) in [4.78, 5) is 23.7. The predicted molar refractivity (Wildman–Crippen MR) is 83.2 cm³/mol. The minimum Gasteiger partial charge on any atom is -0.351 e. The van der Waals surface area contributed by atoms with Gasteiger partial charge in [-0.1, -0.05) is 26.0 Å². The van der Waals surface area contributed by atoms with Crippen LogP contribution in [0.1, 0.15) is 30.6 Å². The summed E-state index contributed by atoms with van der Waals surface area (Å²) >= 11 is 0. The molecule has 0 unspecified atom stereocenters. The number of nitrogens with two attached hydrogens (primary N) is 1. The number of nitrogens with one attached hydrogen (secondary N) is 2. The highest BCUT2D eigenvalue weighted by molar-refractivity contribution is 6.03. The van der Waals surface area contributed by atoms with Crippen molar-refractivity contribution in [3.63, 3.8) is 0 Å². The van der Waals surface area contributed by atoms with Crippen molar-refractivity contribution in [2.24, 2.45) is 11.7 Å². The van der Waals surface area contributed by atoms with Crippen LogP contribution in [0, 0.1) is 5.92 Å². The van der Waals surface area contributed by atoms with Gasteiger partial charge in [0.05, 0.1) is 11.3 Å². The lowest BCUT2D eigenvalue weighted by molar-refractivity contribution is -0.116. The van der Waals surface area contributed by atoms with Crippen molar-refractivity contribution in [1.82, 2.24) is 5.32 Å². The summed E-state index contributed by atoms with van der Waals surface area (Å²) in [5.74, 6) is -0.0433. The minimum atomic E-state index is -0.231. The SMILES string of the molecule is CC(C)CC(=O)Nc1ccccc1C(=O)NCCN.Cl. The Kier molecular flexibility index (Phi) is 8.59. The van der Waals surface area contributed by atoms with Gasteiger partial charge in [-0.05, 0) is 18.1 Å². The number of hydrogen-bond acceptors (Lipinski definition) is 3. The molecular weight excluding hydrogens is 278 g/mol.